The summed E-state index contributed by atoms with van der Waals surface area (Å²) < 4.78 is 1.43. The van der Waals surface area contributed by atoms with Gasteiger partial charge < -0.3 is 10.3 Å². The molecule has 1 amide bonds. The fourth-order valence-electron chi connectivity index (χ4n) is 2.55. The second-order valence-electron chi connectivity index (χ2n) is 5.38. The van der Waals surface area contributed by atoms with E-state index in [2.05, 4.69) is 10.3 Å². The van der Waals surface area contributed by atoms with Gasteiger partial charge in [0.1, 0.15) is 6.54 Å². The Hall–Kier alpha value is -2.53. The summed E-state index contributed by atoms with van der Waals surface area (Å²) in [4.78, 5) is 27.0. The van der Waals surface area contributed by atoms with E-state index in [1.165, 1.54) is 4.57 Å². The molecule has 3 rings (SSSR count). The van der Waals surface area contributed by atoms with Crippen molar-refractivity contribution in [3.63, 3.8) is 0 Å². The Morgan fingerprint density at radius 1 is 1.26 bits per heavy atom. The zero-order chi connectivity index (χ0) is 16.4. The molecule has 0 saturated carbocycles. The summed E-state index contributed by atoms with van der Waals surface area (Å²) >= 11 is 5.96. The van der Waals surface area contributed by atoms with Crippen LogP contribution in [0.15, 0.2) is 53.3 Å². The minimum Gasteiger partial charge on any atom is -0.348 e. The standard InChI is InChI=1S/C17H16ClN3O2/c1-11(12-5-4-6-13(18)9-12)19-16(22)10-21-15-8-3-2-7-14(15)20-17(21)23/h2-9,11H,10H2,1H3,(H,19,22)(H,20,23). The van der Waals surface area contributed by atoms with Crippen LogP contribution in [0.1, 0.15) is 18.5 Å². The number of aromatic nitrogens is 2. The molecule has 3 aromatic rings. The van der Waals surface area contributed by atoms with Gasteiger partial charge in [-0.25, -0.2) is 4.79 Å². The van der Waals surface area contributed by atoms with Crippen molar-refractivity contribution in [2.45, 2.75) is 19.5 Å². The largest absolute Gasteiger partial charge is 0.348 e. The van der Waals surface area contributed by atoms with E-state index in [9.17, 15) is 9.59 Å². The zero-order valence-electron chi connectivity index (χ0n) is 12.5. The molecule has 0 spiro atoms. The van der Waals surface area contributed by atoms with Gasteiger partial charge in [0.15, 0.2) is 0 Å². The molecule has 1 atom stereocenters. The van der Waals surface area contributed by atoms with Crippen molar-refractivity contribution in [3.05, 3.63) is 69.6 Å². The molecule has 118 valence electrons. The Bertz CT molecular complexity index is 913. The molecule has 1 unspecified atom stereocenters. The number of halogens is 1. The molecular weight excluding hydrogens is 314 g/mol. The lowest BCUT2D eigenvalue weighted by Gasteiger charge is -2.15. The second kappa shape index (κ2) is 6.30. The van der Waals surface area contributed by atoms with Crippen molar-refractivity contribution >= 4 is 28.5 Å². The van der Waals surface area contributed by atoms with Crippen LogP contribution in [0.4, 0.5) is 0 Å². The number of fused-ring (bicyclic) bond motifs is 1. The third kappa shape index (κ3) is 3.29. The maximum Gasteiger partial charge on any atom is 0.326 e. The van der Waals surface area contributed by atoms with E-state index >= 15 is 0 Å². The number of amides is 1. The third-order valence-electron chi connectivity index (χ3n) is 3.71. The van der Waals surface area contributed by atoms with E-state index < -0.39 is 0 Å². The minimum atomic E-state index is -0.295. The first-order chi connectivity index (χ1) is 11.0. The van der Waals surface area contributed by atoms with Crippen LogP contribution in [0.5, 0.6) is 0 Å². The average molecular weight is 330 g/mol. The van der Waals surface area contributed by atoms with E-state index in [0.29, 0.717) is 16.1 Å². The van der Waals surface area contributed by atoms with Crippen molar-refractivity contribution < 1.29 is 4.79 Å². The van der Waals surface area contributed by atoms with E-state index in [0.717, 1.165) is 5.56 Å². The van der Waals surface area contributed by atoms with Gasteiger partial charge in [-0.05, 0) is 36.8 Å². The molecule has 0 saturated heterocycles. The quantitative estimate of drug-likeness (QED) is 0.773. The number of hydrogen-bond donors (Lipinski definition) is 2. The molecule has 2 N–H and O–H groups in total. The van der Waals surface area contributed by atoms with Gasteiger partial charge in [0.05, 0.1) is 17.1 Å². The van der Waals surface area contributed by atoms with Crippen LogP contribution in [-0.2, 0) is 11.3 Å². The lowest BCUT2D eigenvalue weighted by molar-refractivity contribution is -0.122. The Labute approximate surface area is 137 Å². The summed E-state index contributed by atoms with van der Waals surface area (Å²) in [6.07, 6.45) is 0. The highest BCUT2D eigenvalue weighted by atomic mass is 35.5. The van der Waals surface area contributed by atoms with Gasteiger partial charge in [0, 0.05) is 5.02 Å². The van der Waals surface area contributed by atoms with Gasteiger partial charge in [0.2, 0.25) is 5.91 Å². The number of aromatic amines is 1. The fraction of sp³-hybridized carbons (Fsp3) is 0.176. The normalized spacial score (nSPS) is 12.3. The number of imidazole rings is 1. The smallest absolute Gasteiger partial charge is 0.326 e. The Morgan fingerprint density at radius 3 is 2.83 bits per heavy atom. The van der Waals surface area contributed by atoms with Crippen LogP contribution in [0.3, 0.4) is 0 Å². The Balaban J connectivity index is 1.76. The highest BCUT2D eigenvalue weighted by Crippen LogP contribution is 2.17. The number of benzene rings is 2. The van der Waals surface area contributed by atoms with Crippen molar-refractivity contribution in [1.29, 1.82) is 0 Å². The van der Waals surface area contributed by atoms with E-state index in [-0.39, 0.29) is 24.2 Å². The molecular formula is C17H16ClN3O2. The van der Waals surface area contributed by atoms with Gasteiger partial charge in [-0.3, -0.25) is 9.36 Å². The second-order valence-corrected chi connectivity index (χ2v) is 5.81. The molecule has 2 aromatic carbocycles. The number of carbonyl (C=O) groups excluding carboxylic acids is 1. The van der Waals surface area contributed by atoms with E-state index in [1.807, 2.05) is 37.3 Å². The van der Waals surface area contributed by atoms with Crippen LogP contribution in [0, 0.1) is 0 Å². The first-order valence-corrected chi connectivity index (χ1v) is 7.65. The van der Waals surface area contributed by atoms with Gasteiger partial charge in [0.25, 0.3) is 0 Å². The Kier molecular flexibility index (Phi) is 4.21. The SMILES string of the molecule is CC(NC(=O)Cn1c(=O)[nH]c2ccccc21)c1cccc(Cl)c1. The van der Waals surface area contributed by atoms with Crippen LogP contribution in [0.25, 0.3) is 11.0 Å². The van der Waals surface area contributed by atoms with Crippen molar-refractivity contribution in [2.24, 2.45) is 0 Å². The van der Waals surface area contributed by atoms with Crippen LogP contribution < -0.4 is 11.0 Å². The molecule has 0 aliphatic carbocycles. The topological polar surface area (TPSA) is 66.9 Å². The summed E-state index contributed by atoms with van der Waals surface area (Å²) in [5.41, 5.74) is 2.05. The highest BCUT2D eigenvalue weighted by molar-refractivity contribution is 6.30. The summed E-state index contributed by atoms with van der Waals surface area (Å²) in [6, 6.07) is 14.4. The molecule has 0 radical (unpaired) electrons. The predicted molar refractivity (Wildman–Crippen MR) is 90.6 cm³/mol. The molecule has 0 aliphatic heterocycles. The predicted octanol–water partition coefficient (Wildman–Crippen LogP) is 2.86. The number of nitrogens with zero attached hydrogens (tertiary/aromatic N) is 1. The number of rotatable bonds is 4. The first kappa shape index (κ1) is 15.4. The number of carbonyl (C=O) groups is 1. The maximum atomic E-state index is 12.3. The minimum absolute atomic E-state index is 0.0340. The van der Waals surface area contributed by atoms with Gasteiger partial charge in [-0.2, -0.15) is 0 Å². The number of para-hydroxylation sites is 2. The van der Waals surface area contributed by atoms with Crippen molar-refractivity contribution in [3.8, 4) is 0 Å². The summed E-state index contributed by atoms with van der Waals surface area (Å²) in [5, 5.41) is 3.50. The third-order valence-corrected chi connectivity index (χ3v) is 3.94. The maximum absolute atomic E-state index is 12.3. The number of nitrogens with one attached hydrogen (secondary N) is 2. The van der Waals surface area contributed by atoms with Crippen molar-refractivity contribution in [1.82, 2.24) is 14.9 Å². The van der Waals surface area contributed by atoms with Crippen LogP contribution >= 0.6 is 11.6 Å². The molecule has 0 bridgehead atoms. The van der Waals surface area contributed by atoms with Crippen molar-refractivity contribution in [2.75, 3.05) is 0 Å². The molecule has 23 heavy (non-hydrogen) atoms. The fourth-order valence-corrected chi connectivity index (χ4v) is 2.75. The van der Waals surface area contributed by atoms with E-state index in [4.69, 9.17) is 11.6 Å². The van der Waals surface area contributed by atoms with Gasteiger partial charge >= 0.3 is 5.69 Å². The van der Waals surface area contributed by atoms with E-state index in [1.54, 1.807) is 18.2 Å². The summed E-state index contributed by atoms with van der Waals surface area (Å²) in [5.74, 6) is -0.232. The molecule has 6 heteroatoms. The lowest BCUT2D eigenvalue weighted by Crippen LogP contribution is -2.33. The monoisotopic (exact) mass is 329 g/mol. The van der Waals surface area contributed by atoms with Crippen LogP contribution in [-0.4, -0.2) is 15.5 Å². The van der Waals surface area contributed by atoms with Crippen LogP contribution in [0.2, 0.25) is 5.02 Å². The highest BCUT2D eigenvalue weighted by Gasteiger charge is 2.13. The number of H-pyrrole nitrogens is 1. The molecule has 0 aliphatic rings. The van der Waals surface area contributed by atoms with Gasteiger partial charge in [-0.15, -0.1) is 0 Å². The summed E-state index contributed by atoms with van der Waals surface area (Å²) in [6.45, 7) is 1.84. The molecule has 5 nitrogen and oxygen atoms in total. The molecule has 1 aromatic heterocycles. The average Bonchev–Trinajstić information content (AvgIpc) is 2.83. The first-order valence-electron chi connectivity index (χ1n) is 7.27. The Morgan fingerprint density at radius 2 is 2.04 bits per heavy atom. The zero-order valence-corrected chi connectivity index (χ0v) is 13.3. The molecule has 0 fully saturated rings. The molecule has 1 heterocycles. The number of hydrogen-bond acceptors (Lipinski definition) is 2. The van der Waals surface area contributed by atoms with Gasteiger partial charge in [-0.1, -0.05) is 35.9 Å². The lowest BCUT2D eigenvalue weighted by atomic mass is 10.1. The summed E-state index contributed by atoms with van der Waals surface area (Å²) in [7, 11) is 0.